The van der Waals surface area contributed by atoms with E-state index in [4.69, 9.17) is 11.6 Å². The molecule has 4 rings (SSSR count). The molecule has 1 aromatic heterocycles. The molecule has 0 aliphatic heterocycles. The first-order valence-electron chi connectivity index (χ1n) is 9.52. The number of H-pyrrole nitrogens is 1. The zero-order chi connectivity index (χ0) is 19.5. The van der Waals surface area contributed by atoms with Crippen molar-refractivity contribution in [1.82, 2.24) is 10.3 Å². The zero-order valence-corrected chi connectivity index (χ0v) is 16.6. The second-order valence-corrected chi connectivity index (χ2v) is 7.55. The van der Waals surface area contributed by atoms with Crippen LogP contribution in [0.4, 0.5) is 0 Å². The van der Waals surface area contributed by atoms with Crippen molar-refractivity contribution < 1.29 is 9.53 Å². The lowest BCUT2D eigenvalue weighted by Gasteiger charge is -2.14. The molecule has 0 amide bonds. The molecule has 1 unspecified atom stereocenters. The van der Waals surface area contributed by atoms with Gasteiger partial charge in [-0.25, -0.2) is 4.79 Å². The Morgan fingerprint density at radius 3 is 3.07 bits per heavy atom. The summed E-state index contributed by atoms with van der Waals surface area (Å²) in [6, 6.07) is 12.7. The molecule has 144 valence electrons. The summed E-state index contributed by atoms with van der Waals surface area (Å²) in [5.41, 5.74) is 6.14. The maximum absolute atomic E-state index is 11.3. The van der Waals surface area contributed by atoms with E-state index in [1.807, 2.05) is 18.2 Å². The highest BCUT2D eigenvalue weighted by molar-refractivity contribution is 6.31. The number of aryl methyl sites for hydroxylation is 1. The molecule has 2 aromatic carbocycles. The van der Waals surface area contributed by atoms with Crippen LogP contribution in [-0.2, 0) is 22.4 Å². The third kappa shape index (κ3) is 3.98. The number of carbonyl (C=O) groups excluding carboxylic acids is 1. The first-order valence-corrected chi connectivity index (χ1v) is 9.89. The highest BCUT2D eigenvalue weighted by Crippen LogP contribution is 2.32. The summed E-state index contributed by atoms with van der Waals surface area (Å²) in [4.78, 5) is 14.6. The standard InChI is InChI=1S/C23H23ClN2O2/c1-28-23(27)9-3-15-2-6-19-16(12-15)4-7-21(19)25-11-10-17-14-26-22-8-5-18(24)13-20(17)22/h2-3,5-6,8-9,12-14,21,25-26H,4,7,10-11H2,1H3/b9-3+. The van der Waals surface area contributed by atoms with Crippen LogP contribution in [0.2, 0.25) is 5.02 Å². The molecule has 5 heteroatoms. The quantitative estimate of drug-likeness (QED) is 0.465. The molecule has 0 bridgehead atoms. The minimum atomic E-state index is -0.335. The Labute approximate surface area is 169 Å². The van der Waals surface area contributed by atoms with Gasteiger partial charge in [0.05, 0.1) is 7.11 Å². The molecular weight excluding hydrogens is 372 g/mol. The third-order valence-corrected chi connectivity index (χ3v) is 5.61. The van der Waals surface area contributed by atoms with Gasteiger partial charge in [-0.15, -0.1) is 0 Å². The Morgan fingerprint density at radius 2 is 2.21 bits per heavy atom. The second-order valence-electron chi connectivity index (χ2n) is 7.11. The Balaban J connectivity index is 1.39. The van der Waals surface area contributed by atoms with Gasteiger partial charge >= 0.3 is 5.97 Å². The van der Waals surface area contributed by atoms with Crippen LogP contribution >= 0.6 is 11.6 Å². The van der Waals surface area contributed by atoms with Gasteiger partial charge in [0.1, 0.15) is 0 Å². The Bertz CT molecular complexity index is 1040. The van der Waals surface area contributed by atoms with Crippen molar-refractivity contribution in [3.63, 3.8) is 0 Å². The summed E-state index contributed by atoms with van der Waals surface area (Å²) < 4.78 is 4.64. The molecule has 1 aliphatic carbocycles. The van der Waals surface area contributed by atoms with Crippen molar-refractivity contribution in [3.05, 3.63) is 75.9 Å². The maximum atomic E-state index is 11.3. The van der Waals surface area contributed by atoms with Crippen molar-refractivity contribution >= 4 is 34.5 Å². The molecule has 0 saturated carbocycles. The molecule has 4 nitrogen and oxygen atoms in total. The van der Waals surface area contributed by atoms with E-state index in [1.165, 1.54) is 35.3 Å². The van der Waals surface area contributed by atoms with Gasteiger partial charge in [-0.05, 0) is 72.3 Å². The van der Waals surface area contributed by atoms with Crippen molar-refractivity contribution in [2.24, 2.45) is 0 Å². The van der Waals surface area contributed by atoms with E-state index in [0.29, 0.717) is 6.04 Å². The minimum Gasteiger partial charge on any atom is -0.466 e. The van der Waals surface area contributed by atoms with Gasteiger partial charge in [0.25, 0.3) is 0 Å². The number of benzene rings is 2. The smallest absolute Gasteiger partial charge is 0.330 e. The van der Waals surface area contributed by atoms with Crippen LogP contribution in [0.5, 0.6) is 0 Å². The largest absolute Gasteiger partial charge is 0.466 e. The fourth-order valence-electron chi connectivity index (χ4n) is 3.92. The number of halogens is 1. The zero-order valence-electron chi connectivity index (χ0n) is 15.8. The van der Waals surface area contributed by atoms with Crippen LogP contribution in [0.25, 0.3) is 17.0 Å². The number of rotatable bonds is 6. The molecule has 0 saturated heterocycles. The van der Waals surface area contributed by atoms with Gasteiger partial charge in [0.15, 0.2) is 0 Å². The molecule has 2 N–H and O–H groups in total. The lowest BCUT2D eigenvalue weighted by Crippen LogP contribution is -2.21. The van der Waals surface area contributed by atoms with Crippen LogP contribution in [0.1, 0.15) is 34.7 Å². The molecular formula is C23H23ClN2O2. The van der Waals surface area contributed by atoms with Gasteiger partial charge in [0.2, 0.25) is 0 Å². The number of esters is 1. The Hall–Kier alpha value is -2.56. The normalized spacial score (nSPS) is 16.0. The summed E-state index contributed by atoms with van der Waals surface area (Å²) in [7, 11) is 1.39. The van der Waals surface area contributed by atoms with E-state index in [9.17, 15) is 4.79 Å². The topological polar surface area (TPSA) is 54.1 Å². The first kappa shape index (κ1) is 18.8. The number of ether oxygens (including phenoxy) is 1. The van der Waals surface area contributed by atoms with Gasteiger partial charge in [0, 0.05) is 34.2 Å². The fourth-order valence-corrected chi connectivity index (χ4v) is 4.10. The number of hydrogen-bond acceptors (Lipinski definition) is 3. The van der Waals surface area contributed by atoms with Gasteiger partial charge in [-0.3, -0.25) is 0 Å². The summed E-state index contributed by atoms with van der Waals surface area (Å²) in [6.07, 6.45) is 8.43. The van der Waals surface area contributed by atoms with E-state index in [1.54, 1.807) is 6.08 Å². The summed E-state index contributed by atoms with van der Waals surface area (Å²) >= 11 is 6.14. The fraction of sp³-hybridized carbons (Fsp3) is 0.261. The van der Waals surface area contributed by atoms with Crippen LogP contribution in [-0.4, -0.2) is 24.6 Å². The van der Waals surface area contributed by atoms with Crippen molar-refractivity contribution in [3.8, 4) is 0 Å². The Morgan fingerprint density at radius 1 is 1.32 bits per heavy atom. The third-order valence-electron chi connectivity index (χ3n) is 5.37. The highest BCUT2D eigenvalue weighted by Gasteiger charge is 2.21. The van der Waals surface area contributed by atoms with Crippen LogP contribution in [0.3, 0.4) is 0 Å². The summed E-state index contributed by atoms with van der Waals surface area (Å²) in [5, 5.41) is 5.66. The number of hydrogen-bond donors (Lipinski definition) is 2. The highest BCUT2D eigenvalue weighted by atomic mass is 35.5. The van der Waals surface area contributed by atoms with E-state index < -0.39 is 0 Å². The number of methoxy groups -OCH3 is 1. The average Bonchev–Trinajstić information content (AvgIpc) is 3.30. The van der Waals surface area contributed by atoms with Crippen LogP contribution < -0.4 is 5.32 Å². The molecule has 0 spiro atoms. The van der Waals surface area contributed by atoms with E-state index in [0.717, 1.165) is 41.9 Å². The van der Waals surface area contributed by atoms with Crippen LogP contribution in [0, 0.1) is 0 Å². The maximum Gasteiger partial charge on any atom is 0.330 e. The monoisotopic (exact) mass is 394 g/mol. The lowest BCUT2D eigenvalue weighted by atomic mass is 10.0. The summed E-state index contributed by atoms with van der Waals surface area (Å²) in [6.45, 7) is 0.910. The predicted octanol–water partition coefficient (Wildman–Crippen LogP) is 4.83. The minimum absolute atomic E-state index is 0.335. The number of aromatic nitrogens is 1. The van der Waals surface area contributed by atoms with Gasteiger partial charge in [-0.1, -0.05) is 29.8 Å². The van der Waals surface area contributed by atoms with E-state index in [-0.39, 0.29) is 5.97 Å². The van der Waals surface area contributed by atoms with Crippen molar-refractivity contribution in [2.75, 3.05) is 13.7 Å². The molecule has 1 aliphatic rings. The Kier molecular flexibility index (Phi) is 5.51. The van der Waals surface area contributed by atoms with Crippen LogP contribution in [0.15, 0.2) is 48.7 Å². The number of fused-ring (bicyclic) bond motifs is 2. The van der Waals surface area contributed by atoms with Crippen molar-refractivity contribution in [2.45, 2.75) is 25.3 Å². The molecule has 3 aromatic rings. The predicted molar refractivity (Wildman–Crippen MR) is 114 cm³/mol. The van der Waals surface area contributed by atoms with E-state index >= 15 is 0 Å². The van der Waals surface area contributed by atoms with Gasteiger partial charge in [-0.2, -0.15) is 0 Å². The molecule has 0 fully saturated rings. The number of nitrogens with one attached hydrogen (secondary N) is 2. The second kappa shape index (κ2) is 8.21. The number of carbonyl (C=O) groups is 1. The SMILES string of the molecule is COC(=O)/C=C/c1ccc2c(c1)CCC2NCCc1c[nH]c2ccc(Cl)cc12. The number of aromatic amines is 1. The first-order chi connectivity index (χ1) is 13.6. The average molecular weight is 395 g/mol. The molecule has 1 atom stereocenters. The van der Waals surface area contributed by atoms with E-state index in [2.05, 4.69) is 39.4 Å². The summed E-state index contributed by atoms with van der Waals surface area (Å²) in [5.74, 6) is -0.335. The molecule has 28 heavy (non-hydrogen) atoms. The molecule has 1 heterocycles. The molecule has 0 radical (unpaired) electrons. The van der Waals surface area contributed by atoms with Gasteiger partial charge < -0.3 is 15.0 Å². The van der Waals surface area contributed by atoms with Crippen molar-refractivity contribution in [1.29, 1.82) is 0 Å². The lowest BCUT2D eigenvalue weighted by molar-refractivity contribution is -0.134.